The van der Waals surface area contributed by atoms with Gasteiger partial charge in [0.05, 0.1) is 28.7 Å². The second-order valence-corrected chi connectivity index (χ2v) is 7.33. The van der Waals surface area contributed by atoms with Gasteiger partial charge in [-0.1, -0.05) is 30.3 Å². The second-order valence-electron chi connectivity index (χ2n) is 5.65. The predicted molar refractivity (Wildman–Crippen MR) is 96.8 cm³/mol. The highest BCUT2D eigenvalue weighted by Crippen LogP contribution is 2.18. The fourth-order valence-electron chi connectivity index (χ4n) is 2.40. The lowest BCUT2D eigenvalue weighted by molar-refractivity contribution is -0.136. The molecule has 0 aliphatic carbocycles. The van der Waals surface area contributed by atoms with Crippen molar-refractivity contribution in [2.75, 3.05) is 4.72 Å². The lowest BCUT2D eigenvalue weighted by Crippen LogP contribution is -2.12. The first-order valence-electron chi connectivity index (χ1n) is 7.88. The molecule has 7 nitrogen and oxygen atoms in total. The molecule has 0 radical (unpaired) electrons. The molecule has 1 heterocycles. The maximum absolute atomic E-state index is 12.5. The quantitative estimate of drug-likeness (QED) is 0.665. The zero-order valence-corrected chi connectivity index (χ0v) is 14.6. The van der Waals surface area contributed by atoms with E-state index in [0.29, 0.717) is 12.1 Å². The molecule has 2 N–H and O–H groups in total. The highest BCUT2D eigenvalue weighted by Gasteiger charge is 2.15. The summed E-state index contributed by atoms with van der Waals surface area (Å²) in [5, 5.41) is 12.8. The van der Waals surface area contributed by atoms with Gasteiger partial charge in [0.25, 0.3) is 10.0 Å². The summed E-state index contributed by atoms with van der Waals surface area (Å²) in [6.07, 6.45) is 3.38. The number of hydrogen-bond donors (Lipinski definition) is 2. The maximum atomic E-state index is 12.5. The van der Waals surface area contributed by atoms with Crippen LogP contribution in [0.2, 0.25) is 0 Å². The Labute approximate surface area is 151 Å². The number of aromatic nitrogens is 2. The SMILES string of the molecule is O=C(O)CCc1ccc(S(=O)(=O)Nc2cnn(-c3ccccc3)c2)cc1. The van der Waals surface area contributed by atoms with Crippen molar-refractivity contribution >= 4 is 21.7 Å². The number of carboxylic acids is 1. The van der Waals surface area contributed by atoms with Gasteiger partial charge in [-0.15, -0.1) is 0 Å². The van der Waals surface area contributed by atoms with Gasteiger partial charge >= 0.3 is 5.97 Å². The van der Waals surface area contributed by atoms with E-state index in [1.54, 1.807) is 23.0 Å². The average Bonchev–Trinajstić information content (AvgIpc) is 3.09. The number of nitrogens with zero attached hydrogens (tertiary/aromatic N) is 2. The van der Waals surface area contributed by atoms with E-state index in [2.05, 4.69) is 9.82 Å². The molecule has 1 aromatic heterocycles. The molecule has 3 aromatic rings. The fourth-order valence-corrected chi connectivity index (χ4v) is 3.43. The van der Waals surface area contributed by atoms with Gasteiger partial charge in [-0.2, -0.15) is 5.10 Å². The van der Waals surface area contributed by atoms with Crippen molar-refractivity contribution < 1.29 is 18.3 Å². The topological polar surface area (TPSA) is 101 Å². The Morgan fingerprint density at radius 2 is 1.77 bits per heavy atom. The van der Waals surface area contributed by atoms with E-state index in [1.165, 1.54) is 18.3 Å². The Hall–Kier alpha value is -3.13. The normalized spacial score (nSPS) is 11.2. The molecule has 0 saturated heterocycles. The number of carbonyl (C=O) groups is 1. The standard InChI is InChI=1S/C18H17N3O4S/c22-18(23)11-8-14-6-9-17(10-7-14)26(24,25)20-15-12-19-21(13-15)16-4-2-1-3-5-16/h1-7,9-10,12-13,20H,8,11H2,(H,22,23). The number of sulfonamides is 1. The van der Waals surface area contributed by atoms with Crippen LogP contribution < -0.4 is 4.72 Å². The molecule has 0 unspecified atom stereocenters. The number of rotatable bonds is 7. The second kappa shape index (κ2) is 7.40. The maximum Gasteiger partial charge on any atom is 0.303 e. The van der Waals surface area contributed by atoms with E-state index in [0.717, 1.165) is 11.3 Å². The number of benzene rings is 2. The van der Waals surface area contributed by atoms with E-state index in [-0.39, 0.29) is 11.3 Å². The van der Waals surface area contributed by atoms with Gasteiger partial charge in [0.15, 0.2) is 0 Å². The van der Waals surface area contributed by atoms with E-state index >= 15 is 0 Å². The van der Waals surface area contributed by atoms with Crippen LogP contribution >= 0.6 is 0 Å². The lowest BCUT2D eigenvalue weighted by atomic mass is 10.1. The summed E-state index contributed by atoms with van der Waals surface area (Å²) >= 11 is 0. The van der Waals surface area contributed by atoms with Crippen molar-refractivity contribution in [1.82, 2.24) is 9.78 Å². The molecule has 0 aliphatic heterocycles. The number of nitrogens with one attached hydrogen (secondary N) is 1. The molecule has 26 heavy (non-hydrogen) atoms. The Morgan fingerprint density at radius 3 is 2.42 bits per heavy atom. The molecule has 0 aliphatic rings. The van der Waals surface area contributed by atoms with E-state index < -0.39 is 16.0 Å². The third-order valence-corrected chi connectivity index (χ3v) is 5.11. The van der Waals surface area contributed by atoms with Crippen molar-refractivity contribution in [3.8, 4) is 5.69 Å². The van der Waals surface area contributed by atoms with Crippen molar-refractivity contribution in [1.29, 1.82) is 0 Å². The van der Waals surface area contributed by atoms with Crippen molar-refractivity contribution in [3.63, 3.8) is 0 Å². The molecule has 0 saturated carbocycles. The Morgan fingerprint density at radius 1 is 1.08 bits per heavy atom. The minimum Gasteiger partial charge on any atom is -0.481 e. The molecule has 134 valence electrons. The zero-order chi connectivity index (χ0) is 18.6. The first kappa shape index (κ1) is 17.7. The van der Waals surface area contributed by atoms with Crippen LogP contribution in [0.25, 0.3) is 5.69 Å². The Kier molecular flexibility index (Phi) is 5.04. The molecule has 0 fully saturated rings. The molecular weight excluding hydrogens is 354 g/mol. The van der Waals surface area contributed by atoms with Crippen LogP contribution in [0.4, 0.5) is 5.69 Å². The van der Waals surface area contributed by atoms with Gasteiger partial charge in [-0.3, -0.25) is 9.52 Å². The first-order valence-corrected chi connectivity index (χ1v) is 9.36. The van der Waals surface area contributed by atoms with Crippen LogP contribution in [-0.4, -0.2) is 29.3 Å². The summed E-state index contributed by atoms with van der Waals surface area (Å²) in [6.45, 7) is 0. The number of hydrogen-bond acceptors (Lipinski definition) is 4. The minimum absolute atomic E-state index is 0.00299. The third-order valence-electron chi connectivity index (χ3n) is 3.72. The van der Waals surface area contributed by atoms with Crippen LogP contribution in [0.5, 0.6) is 0 Å². The molecule has 0 bridgehead atoms. The molecule has 0 amide bonds. The number of aliphatic carboxylic acids is 1. The summed E-state index contributed by atoms with van der Waals surface area (Å²) in [6, 6.07) is 15.5. The highest BCUT2D eigenvalue weighted by atomic mass is 32.2. The van der Waals surface area contributed by atoms with Crippen LogP contribution in [0, 0.1) is 0 Å². The minimum atomic E-state index is -3.75. The average molecular weight is 371 g/mol. The van der Waals surface area contributed by atoms with Crippen LogP contribution in [0.3, 0.4) is 0 Å². The molecule has 8 heteroatoms. The first-order chi connectivity index (χ1) is 12.4. The van der Waals surface area contributed by atoms with Crippen molar-refractivity contribution in [2.24, 2.45) is 0 Å². The van der Waals surface area contributed by atoms with E-state index in [4.69, 9.17) is 5.11 Å². The van der Waals surface area contributed by atoms with Crippen molar-refractivity contribution in [2.45, 2.75) is 17.7 Å². The Balaban J connectivity index is 1.73. The van der Waals surface area contributed by atoms with Crippen molar-refractivity contribution in [3.05, 3.63) is 72.6 Å². The highest BCUT2D eigenvalue weighted by molar-refractivity contribution is 7.92. The Bertz CT molecular complexity index is 996. The van der Waals surface area contributed by atoms with Crippen LogP contribution in [0.1, 0.15) is 12.0 Å². The summed E-state index contributed by atoms with van der Waals surface area (Å²) < 4.78 is 29.0. The summed E-state index contributed by atoms with van der Waals surface area (Å²) in [5.74, 6) is -0.890. The van der Waals surface area contributed by atoms with Gasteiger partial charge in [0.2, 0.25) is 0 Å². The number of para-hydroxylation sites is 1. The van der Waals surface area contributed by atoms with Crippen LogP contribution in [-0.2, 0) is 21.2 Å². The predicted octanol–water partition coefficient (Wildman–Crippen LogP) is 2.69. The largest absolute Gasteiger partial charge is 0.481 e. The molecular formula is C18H17N3O4S. The summed E-state index contributed by atoms with van der Waals surface area (Å²) in [7, 11) is -3.75. The zero-order valence-electron chi connectivity index (χ0n) is 13.7. The van der Waals surface area contributed by atoms with Gasteiger partial charge in [-0.25, -0.2) is 13.1 Å². The summed E-state index contributed by atoms with van der Waals surface area (Å²) in [4.78, 5) is 10.7. The summed E-state index contributed by atoms with van der Waals surface area (Å²) in [5.41, 5.74) is 1.94. The smallest absolute Gasteiger partial charge is 0.303 e. The molecule has 2 aromatic carbocycles. The van der Waals surface area contributed by atoms with Gasteiger partial charge < -0.3 is 5.11 Å². The van der Waals surface area contributed by atoms with Gasteiger partial charge in [0.1, 0.15) is 0 Å². The molecule has 3 rings (SSSR count). The molecule has 0 atom stereocenters. The number of aryl methyl sites for hydroxylation is 1. The van der Waals surface area contributed by atoms with Gasteiger partial charge in [0, 0.05) is 6.42 Å². The fraction of sp³-hybridized carbons (Fsp3) is 0.111. The lowest BCUT2D eigenvalue weighted by Gasteiger charge is -2.07. The van der Waals surface area contributed by atoms with Gasteiger partial charge in [-0.05, 0) is 36.2 Å². The number of anilines is 1. The van der Waals surface area contributed by atoms with E-state index in [1.807, 2.05) is 30.3 Å². The van der Waals surface area contributed by atoms with Crippen LogP contribution in [0.15, 0.2) is 71.9 Å². The number of carboxylic acid groups (broad SMARTS) is 1. The third kappa shape index (κ3) is 4.28. The molecule has 0 spiro atoms. The van der Waals surface area contributed by atoms with E-state index in [9.17, 15) is 13.2 Å². The monoisotopic (exact) mass is 371 g/mol.